The van der Waals surface area contributed by atoms with Gasteiger partial charge in [0.05, 0.1) is 25.4 Å². The van der Waals surface area contributed by atoms with Crippen LogP contribution in [0.2, 0.25) is 0 Å². The van der Waals surface area contributed by atoms with Crippen molar-refractivity contribution in [3.05, 3.63) is 0 Å². The first-order valence-electron chi connectivity index (χ1n) is 10.3. The summed E-state index contributed by atoms with van der Waals surface area (Å²) in [7, 11) is 0. The van der Waals surface area contributed by atoms with Gasteiger partial charge in [0.2, 0.25) is 0 Å². The summed E-state index contributed by atoms with van der Waals surface area (Å²) >= 11 is 0. The molecule has 0 bridgehead atoms. The number of hydrogen-bond donors (Lipinski definition) is 4. The molecule has 0 rings (SSSR count). The fourth-order valence-corrected chi connectivity index (χ4v) is 3.09. The Balaban J connectivity index is 3.60. The molecule has 2 unspecified atom stereocenters. The molecule has 0 saturated heterocycles. The molecular formula is C20H43NO4. The first-order valence-corrected chi connectivity index (χ1v) is 10.3. The number of rotatable bonds is 18. The van der Waals surface area contributed by atoms with Gasteiger partial charge in [-0.1, -0.05) is 71.6 Å². The van der Waals surface area contributed by atoms with Gasteiger partial charge < -0.3 is 20.4 Å². The smallest absolute Gasteiger partial charge is 0.0897 e. The third kappa shape index (κ3) is 17.0. The summed E-state index contributed by atoms with van der Waals surface area (Å²) in [6.45, 7) is 5.48. The summed E-state index contributed by atoms with van der Waals surface area (Å²) in [5, 5.41) is 37.1. The van der Waals surface area contributed by atoms with Crippen LogP contribution in [0.15, 0.2) is 0 Å². The third-order valence-electron chi connectivity index (χ3n) is 4.62. The zero-order chi connectivity index (χ0) is 18.9. The number of nitrogens with zero attached hydrogens (tertiary/aromatic N) is 1. The highest BCUT2D eigenvalue weighted by atomic mass is 16.3. The highest BCUT2D eigenvalue weighted by molar-refractivity contribution is 4.68. The van der Waals surface area contributed by atoms with E-state index in [0.717, 1.165) is 25.3 Å². The fraction of sp³-hybridized carbons (Fsp3) is 1.00. The van der Waals surface area contributed by atoms with E-state index in [1.807, 2.05) is 4.90 Å². The molecule has 0 radical (unpaired) electrons. The number of aliphatic hydroxyl groups excluding tert-OH is 4. The van der Waals surface area contributed by atoms with Crippen molar-refractivity contribution in [2.24, 2.45) is 5.92 Å². The van der Waals surface area contributed by atoms with Crippen LogP contribution in [0.4, 0.5) is 0 Å². The monoisotopic (exact) mass is 361 g/mol. The van der Waals surface area contributed by atoms with Crippen molar-refractivity contribution in [1.82, 2.24) is 4.90 Å². The van der Waals surface area contributed by atoms with E-state index < -0.39 is 12.2 Å². The normalized spacial score (nSPS) is 14.4. The molecule has 0 fully saturated rings. The van der Waals surface area contributed by atoms with Gasteiger partial charge in [-0.15, -0.1) is 0 Å². The summed E-state index contributed by atoms with van der Waals surface area (Å²) in [5.74, 6) is 0.830. The lowest BCUT2D eigenvalue weighted by molar-refractivity contribution is 0.0228. The topological polar surface area (TPSA) is 84.2 Å². The Morgan fingerprint density at radius 3 is 1.44 bits per heavy atom. The molecule has 0 aliphatic rings. The highest BCUT2D eigenvalue weighted by Gasteiger charge is 2.14. The zero-order valence-corrected chi connectivity index (χ0v) is 16.6. The van der Waals surface area contributed by atoms with Crippen molar-refractivity contribution in [1.29, 1.82) is 0 Å². The Kier molecular flexibility index (Phi) is 17.1. The molecule has 0 spiro atoms. The van der Waals surface area contributed by atoms with E-state index in [-0.39, 0.29) is 13.2 Å². The lowest BCUT2D eigenvalue weighted by Crippen LogP contribution is -2.40. The average Bonchev–Trinajstić information content (AvgIpc) is 2.58. The zero-order valence-electron chi connectivity index (χ0n) is 16.6. The molecule has 0 aromatic heterocycles. The van der Waals surface area contributed by atoms with Crippen LogP contribution in [0, 0.1) is 5.92 Å². The molecule has 0 heterocycles. The number of hydrogen-bond acceptors (Lipinski definition) is 5. The van der Waals surface area contributed by atoms with Crippen LogP contribution in [0.25, 0.3) is 0 Å². The molecule has 5 heteroatoms. The Morgan fingerprint density at radius 1 is 0.640 bits per heavy atom. The first-order chi connectivity index (χ1) is 12.0. The summed E-state index contributed by atoms with van der Waals surface area (Å²) in [6, 6.07) is 0. The van der Waals surface area contributed by atoms with Crippen LogP contribution in [0.1, 0.15) is 78.1 Å². The second-order valence-corrected chi connectivity index (χ2v) is 7.80. The summed E-state index contributed by atoms with van der Waals surface area (Å²) in [4.78, 5) is 1.93. The summed E-state index contributed by atoms with van der Waals surface area (Å²) < 4.78 is 0. The first kappa shape index (κ1) is 24.8. The SMILES string of the molecule is CC(C)CCCCCCCCCCCN(CC(O)CO)CC(O)CO. The minimum atomic E-state index is -0.790. The van der Waals surface area contributed by atoms with Gasteiger partial charge in [0.1, 0.15) is 0 Å². The standard InChI is InChI=1S/C20H43NO4/c1-18(2)12-10-8-6-4-3-5-7-9-11-13-21(14-19(24)16-22)15-20(25)17-23/h18-20,22-25H,3-17H2,1-2H3. The average molecular weight is 362 g/mol. The van der Waals surface area contributed by atoms with Gasteiger partial charge in [-0.3, -0.25) is 4.90 Å². The largest absolute Gasteiger partial charge is 0.394 e. The van der Waals surface area contributed by atoms with E-state index in [0.29, 0.717) is 13.1 Å². The molecule has 0 saturated carbocycles. The van der Waals surface area contributed by atoms with Gasteiger partial charge in [0, 0.05) is 13.1 Å². The van der Waals surface area contributed by atoms with Gasteiger partial charge in [0.15, 0.2) is 0 Å². The van der Waals surface area contributed by atoms with Gasteiger partial charge in [-0.25, -0.2) is 0 Å². The number of aliphatic hydroxyl groups is 4. The maximum absolute atomic E-state index is 9.57. The number of unbranched alkanes of at least 4 members (excludes halogenated alkanes) is 8. The minimum Gasteiger partial charge on any atom is -0.394 e. The third-order valence-corrected chi connectivity index (χ3v) is 4.62. The van der Waals surface area contributed by atoms with Crippen molar-refractivity contribution < 1.29 is 20.4 Å². The fourth-order valence-electron chi connectivity index (χ4n) is 3.09. The van der Waals surface area contributed by atoms with Gasteiger partial charge in [0.25, 0.3) is 0 Å². The Bertz CT molecular complexity index is 264. The Labute approximate surface area is 155 Å². The molecule has 5 nitrogen and oxygen atoms in total. The second kappa shape index (κ2) is 17.2. The predicted octanol–water partition coefficient (Wildman–Crippen LogP) is 2.55. The summed E-state index contributed by atoms with van der Waals surface area (Å²) in [6.07, 6.45) is 11.2. The van der Waals surface area contributed by atoms with Crippen molar-refractivity contribution in [2.75, 3.05) is 32.8 Å². The van der Waals surface area contributed by atoms with Gasteiger partial charge in [-0.05, 0) is 18.9 Å². The van der Waals surface area contributed by atoms with Crippen LogP contribution < -0.4 is 0 Å². The van der Waals surface area contributed by atoms with Gasteiger partial charge in [-0.2, -0.15) is 0 Å². The van der Waals surface area contributed by atoms with Crippen LogP contribution in [-0.4, -0.2) is 70.4 Å². The lowest BCUT2D eigenvalue weighted by atomic mass is 10.0. The van der Waals surface area contributed by atoms with E-state index in [1.165, 1.54) is 51.4 Å². The molecule has 25 heavy (non-hydrogen) atoms. The summed E-state index contributed by atoms with van der Waals surface area (Å²) in [5.41, 5.74) is 0. The van der Waals surface area contributed by atoms with Crippen molar-refractivity contribution in [3.8, 4) is 0 Å². The predicted molar refractivity (Wildman–Crippen MR) is 104 cm³/mol. The molecule has 0 aromatic carbocycles. The van der Waals surface area contributed by atoms with E-state index >= 15 is 0 Å². The van der Waals surface area contributed by atoms with E-state index in [9.17, 15) is 10.2 Å². The molecule has 2 atom stereocenters. The minimum absolute atomic E-state index is 0.275. The molecule has 0 amide bonds. The van der Waals surface area contributed by atoms with Crippen LogP contribution in [-0.2, 0) is 0 Å². The highest BCUT2D eigenvalue weighted by Crippen LogP contribution is 2.13. The van der Waals surface area contributed by atoms with Crippen molar-refractivity contribution in [3.63, 3.8) is 0 Å². The molecule has 0 aliphatic carbocycles. The van der Waals surface area contributed by atoms with Crippen molar-refractivity contribution >= 4 is 0 Å². The van der Waals surface area contributed by atoms with E-state index in [1.54, 1.807) is 0 Å². The van der Waals surface area contributed by atoms with Gasteiger partial charge >= 0.3 is 0 Å². The van der Waals surface area contributed by atoms with E-state index in [2.05, 4.69) is 13.8 Å². The van der Waals surface area contributed by atoms with E-state index in [4.69, 9.17) is 10.2 Å². The molecule has 4 N–H and O–H groups in total. The van der Waals surface area contributed by atoms with Crippen molar-refractivity contribution in [2.45, 2.75) is 90.3 Å². The van der Waals surface area contributed by atoms with Crippen LogP contribution in [0.3, 0.4) is 0 Å². The van der Waals surface area contributed by atoms with Crippen LogP contribution in [0.5, 0.6) is 0 Å². The Morgan fingerprint density at radius 2 is 1.04 bits per heavy atom. The maximum Gasteiger partial charge on any atom is 0.0897 e. The molecule has 0 aromatic rings. The maximum atomic E-state index is 9.57. The lowest BCUT2D eigenvalue weighted by Gasteiger charge is -2.26. The molecule has 0 aliphatic heterocycles. The van der Waals surface area contributed by atoms with Crippen LogP contribution >= 0.6 is 0 Å². The quantitative estimate of drug-likeness (QED) is 0.282. The molecular weight excluding hydrogens is 318 g/mol. The molecule has 152 valence electrons. The second-order valence-electron chi connectivity index (χ2n) is 7.80. The Hall–Kier alpha value is -0.200.